The molecule has 0 aliphatic rings. The van der Waals surface area contributed by atoms with Gasteiger partial charge in [-0.05, 0) is 17.7 Å². The quantitative estimate of drug-likeness (QED) is 0.344. The molecule has 1 aromatic carbocycles. The van der Waals surface area contributed by atoms with Crippen LogP contribution in [0.25, 0.3) is 0 Å². The molecule has 0 aliphatic carbocycles. The molecule has 10 heteroatoms. The number of methoxy groups -OCH3 is 1. The van der Waals surface area contributed by atoms with E-state index in [1.165, 1.54) is 12.0 Å². The Morgan fingerprint density at radius 1 is 0.938 bits per heavy atom. The molecule has 1 aromatic rings. The molecule has 0 aromatic heterocycles. The van der Waals surface area contributed by atoms with E-state index in [0.717, 1.165) is 5.56 Å². The number of carbonyl (C=O) groups is 4. The summed E-state index contributed by atoms with van der Waals surface area (Å²) in [6.07, 6.45) is 0. The zero-order valence-electron chi connectivity index (χ0n) is 19.2. The number of ether oxygens (including phenoxy) is 1. The van der Waals surface area contributed by atoms with Crippen LogP contribution < -0.4 is 16.0 Å². The first kappa shape index (κ1) is 27.1. The molecule has 0 heterocycles. The second-order valence-electron chi connectivity index (χ2n) is 8.21. The predicted molar refractivity (Wildman–Crippen MR) is 119 cm³/mol. The summed E-state index contributed by atoms with van der Waals surface area (Å²) >= 11 is 0. The molecule has 0 atom stereocenters. The Kier molecular flexibility index (Phi) is 11.4. The molecular formula is C22H34N4O6. The molecule has 178 valence electrons. The van der Waals surface area contributed by atoms with Crippen LogP contribution in [0.4, 0.5) is 0 Å². The van der Waals surface area contributed by atoms with Crippen LogP contribution in [0, 0.1) is 5.41 Å². The molecule has 4 amide bonds. The molecule has 0 spiro atoms. The number of amides is 4. The van der Waals surface area contributed by atoms with Gasteiger partial charge in [0.2, 0.25) is 17.7 Å². The van der Waals surface area contributed by atoms with Gasteiger partial charge >= 0.3 is 0 Å². The van der Waals surface area contributed by atoms with Crippen molar-refractivity contribution in [3.05, 3.63) is 35.4 Å². The molecule has 0 aliphatic heterocycles. The highest BCUT2D eigenvalue weighted by Crippen LogP contribution is 2.13. The smallest absolute Gasteiger partial charge is 0.253 e. The molecule has 0 saturated carbocycles. The molecule has 10 nitrogen and oxygen atoms in total. The molecule has 32 heavy (non-hydrogen) atoms. The van der Waals surface area contributed by atoms with Gasteiger partial charge in [-0.15, -0.1) is 0 Å². The van der Waals surface area contributed by atoms with Gasteiger partial charge in [-0.25, -0.2) is 0 Å². The van der Waals surface area contributed by atoms with Crippen LogP contribution in [0.1, 0.15) is 36.7 Å². The Balaban J connectivity index is 2.75. The average molecular weight is 451 g/mol. The van der Waals surface area contributed by atoms with Crippen LogP contribution in [0.5, 0.6) is 0 Å². The van der Waals surface area contributed by atoms with Crippen molar-refractivity contribution in [2.45, 2.75) is 27.3 Å². The molecule has 0 bridgehead atoms. The fourth-order valence-electron chi connectivity index (χ4n) is 2.61. The number of carbonyl (C=O) groups excluding carboxylic acids is 4. The molecule has 1 rings (SSSR count). The van der Waals surface area contributed by atoms with Crippen molar-refractivity contribution < 1.29 is 29.0 Å². The Bertz CT molecular complexity index is 774. The Labute approximate surface area is 188 Å². The monoisotopic (exact) mass is 450 g/mol. The summed E-state index contributed by atoms with van der Waals surface area (Å²) < 4.78 is 4.76. The summed E-state index contributed by atoms with van der Waals surface area (Å²) in [7, 11) is 1.41. The maximum absolute atomic E-state index is 13.0. The van der Waals surface area contributed by atoms with Crippen molar-refractivity contribution in [1.29, 1.82) is 0 Å². The first-order chi connectivity index (χ1) is 15.1. The second kappa shape index (κ2) is 13.4. The van der Waals surface area contributed by atoms with Gasteiger partial charge in [-0.1, -0.05) is 32.9 Å². The third-order valence-corrected chi connectivity index (χ3v) is 4.45. The molecule has 0 fully saturated rings. The molecule has 4 N–H and O–H groups in total. The first-order valence-corrected chi connectivity index (χ1v) is 10.4. The van der Waals surface area contributed by atoms with Crippen molar-refractivity contribution in [2.24, 2.45) is 5.41 Å². The largest absolute Gasteiger partial charge is 0.387 e. The fraction of sp³-hybridized carbons (Fsp3) is 0.545. The van der Waals surface area contributed by atoms with Crippen LogP contribution >= 0.6 is 0 Å². The summed E-state index contributed by atoms with van der Waals surface area (Å²) in [4.78, 5) is 49.3. The molecule has 0 saturated heterocycles. The summed E-state index contributed by atoms with van der Waals surface area (Å²) in [5.41, 5.74) is 0.806. The van der Waals surface area contributed by atoms with Crippen LogP contribution in [0.3, 0.4) is 0 Å². The van der Waals surface area contributed by atoms with E-state index in [1.807, 2.05) is 20.8 Å². The number of aliphatic hydroxyl groups excluding tert-OH is 1. The van der Waals surface area contributed by atoms with Crippen LogP contribution in [-0.4, -0.2) is 80.1 Å². The Morgan fingerprint density at radius 3 is 2.00 bits per heavy atom. The lowest BCUT2D eigenvalue weighted by atomic mass is 9.95. The van der Waals surface area contributed by atoms with Gasteiger partial charge in [0.05, 0.1) is 0 Å². The van der Waals surface area contributed by atoms with Gasteiger partial charge in [0, 0.05) is 50.8 Å². The SMILES string of the molecule is COCC(=O)NCCN(CCNC(=O)CO)C(=O)c1ccc(CNC(=O)C(C)(C)C)cc1. The molecular weight excluding hydrogens is 416 g/mol. The number of aliphatic hydroxyl groups is 1. The van der Waals surface area contributed by atoms with Gasteiger partial charge in [0.1, 0.15) is 13.2 Å². The first-order valence-electron chi connectivity index (χ1n) is 10.4. The van der Waals surface area contributed by atoms with Crippen molar-refractivity contribution >= 4 is 23.6 Å². The lowest BCUT2D eigenvalue weighted by Gasteiger charge is -2.23. The van der Waals surface area contributed by atoms with E-state index in [4.69, 9.17) is 9.84 Å². The third-order valence-electron chi connectivity index (χ3n) is 4.45. The Morgan fingerprint density at radius 2 is 1.50 bits per heavy atom. The topological polar surface area (TPSA) is 137 Å². The normalized spacial score (nSPS) is 10.9. The highest BCUT2D eigenvalue weighted by molar-refractivity contribution is 5.94. The zero-order chi connectivity index (χ0) is 24.1. The highest BCUT2D eigenvalue weighted by Gasteiger charge is 2.21. The lowest BCUT2D eigenvalue weighted by molar-refractivity contribution is -0.128. The zero-order valence-corrected chi connectivity index (χ0v) is 19.2. The van der Waals surface area contributed by atoms with Crippen molar-refractivity contribution in [1.82, 2.24) is 20.9 Å². The van der Waals surface area contributed by atoms with E-state index >= 15 is 0 Å². The highest BCUT2D eigenvalue weighted by atomic mass is 16.5. The van der Waals surface area contributed by atoms with E-state index in [-0.39, 0.29) is 50.5 Å². The second-order valence-corrected chi connectivity index (χ2v) is 8.21. The van der Waals surface area contributed by atoms with Crippen molar-refractivity contribution in [2.75, 3.05) is 46.5 Å². The summed E-state index contributed by atoms with van der Waals surface area (Å²) in [6.45, 7) is 5.96. The van der Waals surface area contributed by atoms with E-state index in [9.17, 15) is 19.2 Å². The molecule has 0 radical (unpaired) electrons. The minimum absolute atomic E-state index is 0.0655. The Hall–Kier alpha value is -2.98. The van der Waals surface area contributed by atoms with Gasteiger partial charge < -0.3 is 30.7 Å². The van der Waals surface area contributed by atoms with Crippen LogP contribution in [0.15, 0.2) is 24.3 Å². The number of nitrogens with zero attached hydrogens (tertiary/aromatic N) is 1. The van der Waals surface area contributed by atoms with E-state index < -0.39 is 17.9 Å². The average Bonchev–Trinajstić information content (AvgIpc) is 2.75. The fourth-order valence-corrected chi connectivity index (χ4v) is 2.61. The summed E-state index contributed by atoms with van der Waals surface area (Å²) in [6, 6.07) is 6.87. The van der Waals surface area contributed by atoms with E-state index in [0.29, 0.717) is 12.1 Å². The minimum atomic E-state index is -0.631. The molecule has 0 unspecified atom stereocenters. The van der Waals surface area contributed by atoms with Crippen molar-refractivity contribution in [3.63, 3.8) is 0 Å². The van der Waals surface area contributed by atoms with E-state index in [1.54, 1.807) is 24.3 Å². The van der Waals surface area contributed by atoms with E-state index in [2.05, 4.69) is 16.0 Å². The number of benzene rings is 1. The number of rotatable bonds is 12. The lowest BCUT2D eigenvalue weighted by Crippen LogP contribution is -2.43. The minimum Gasteiger partial charge on any atom is -0.387 e. The third kappa shape index (κ3) is 9.88. The van der Waals surface area contributed by atoms with Gasteiger partial charge in [0.25, 0.3) is 5.91 Å². The summed E-state index contributed by atoms with van der Waals surface area (Å²) in [5, 5.41) is 16.8. The van der Waals surface area contributed by atoms with Crippen LogP contribution in [0.2, 0.25) is 0 Å². The van der Waals surface area contributed by atoms with Gasteiger partial charge in [0.15, 0.2) is 0 Å². The maximum atomic E-state index is 13.0. The summed E-state index contributed by atoms with van der Waals surface area (Å²) in [5.74, 6) is -1.17. The van der Waals surface area contributed by atoms with Gasteiger partial charge in [-0.3, -0.25) is 19.2 Å². The number of hydrogen-bond donors (Lipinski definition) is 4. The number of hydrogen-bond acceptors (Lipinski definition) is 6. The number of nitrogens with one attached hydrogen (secondary N) is 3. The predicted octanol–water partition coefficient (Wildman–Crippen LogP) is -0.338. The standard InChI is InChI=1S/C22H34N4O6/c1-22(2,3)21(31)25-13-16-5-7-17(8-6-16)20(30)26(11-9-23-18(28)14-27)12-10-24-19(29)15-32-4/h5-8,27H,9-15H2,1-4H3,(H,23,28)(H,24,29)(H,25,31). The van der Waals surface area contributed by atoms with Crippen molar-refractivity contribution in [3.8, 4) is 0 Å². The maximum Gasteiger partial charge on any atom is 0.253 e. The van der Waals surface area contributed by atoms with Crippen LogP contribution in [-0.2, 0) is 25.7 Å². The van der Waals surface area contributed by atoms with Gasteiger partial charge in [-0.2, -0.15) is 0 Å².